The molecule has 2 fully saturated rings. The molecule has 1 aromatic carbocycles. The van der Waals surface area contributed by atoms with Crippen molar-refractivity contribution in [3.63, 3.8) is 0 Å². The van der Waals surface area contributed by atoms with E-state index in [2.05, 4.69) is 25.5 Å². The maximum absolute atomic E-state index is 14.0. The van der Waals surface area contributed by atoms with Crippen molar-refractivity contribution in [2.45, 2.75) is 25.1 Å². The summed E-state index contributed by atoms with van der Waals surface area (Å²) >= 11 is 6.44. The first kappa shape index (κ1) is 37.4. The number of amides is 4. The minimum atomic E-state index is -4.95. The molecule has 22 heteroatoms. The lowest BCUT2D eigenvalue weighted by atomic mass is 10.00. The molecule has 5 heterocycles. The second-order valence-electron chi connectivity index (χ2n) is 12.3. The monoisotopic (exact) mass is 772 g/mol. The molecule has 2 aliphatic heterocycles. The molecule has 0 saturated carbocycles. The van der Waals surface area contributed by atoms with E-state index in [1.807, 2.05) is 0 Å². The van der Waals surface area contributed by atoms with Crippen molar-refractivity contribution in [3.05, 3.63) is 74.9 Å². The van der Waals surface area contributed by atoms with Crippen LogP contribution in [-0.4, -0.2) is 118 Å². The van der Waals surface area contributed by atoms with Crippen molar-refractivity contribution >= 4 is 52.6 Å². The van der Waals surface area contributed by atoms with E-state index >= 15 is 0 Å². The smallest absolute Gasteiger partial charge is 0.435 e. The van der Waals surface area contributed by atoms with Crippen molar-refractivity contribution < 1.29 is 47.2 Å². The van der Waals surface area contributed by atoms with Crippen LogP contribution >= 0.6 is 11.6 Å². The van der Waals surface area contributed by atoms with Crippen molar-refractivity contribution in [1.82, 2.24) is 39.4 Å². The van der Waals surface area contributed by atoms with Gasteiger partial charge in [0, 0.05) is 64.4 Å². The van der Waals surface area contributed by atoms with E-state index in [1.165, 1.54) is 35.0 Å². The van der Waals surface area contributed by atoms with Crippen LogP contribution in [0, 0.1) is 10.1 Å². The summed E-state index contributed by atoms with van der Waals surface area (Å²) in [6, 6.07) is 5.14. The topological polar surface area (TPSA) is 230 Å². The standard InChI is InChI=1S/C32H28ClF3N10O8/c1-42-23(24-25(40-41-26(24)32(34,35)36)21-5-3-17(14-37-21)46(53)54)15-38-27(42)28(48)39-16-2-4-19(20(33)12-16)29(49)43-8-10-44(11-9-43)30(50)22-13-18(47)6-7-45(22)31(51)52/h2-5,12,14-15,22H,6-11,13H2,1H3,(H,39,48)(H,40,41)(H,51,52)/t22-/m0/s1. The van der Waals surface area contributed by atoms with E-state index in [0.717, 1.165) is 34.0 Å². The summed E-state index contributed by atoms with van der Waals surface area (Å²) in [4.78, 5) is 85.4. The number of hydrogen-bond donors (Lipinski definition) is 3. The fraction of sp³-hybridized carbons (Fsp3) is 0.312. The zero-order chi connectivity index (χ0) is 39.1. The number of piperazine rings is 1. The Morgan fingerprint density at radius 2 is 1.74 bits per heavy atom. The van der Waals surface area contributed by atoms with Gasteiger partial charge in [-0.3, -0.25) is 39.3 Å². The normalized spacial score (nSPS) is 16.4. The second-order valence-corrected chi connectivity index (χ2v) is 12.7. The van der Waals surface area contributed by atoms with Gasteiger partial charge in [-0.15, -0.1) is 0 Å². The number of carbonyl (C=O) groups excluding carboxylic acids is 4. The Bertz CT molecular complexity index is 2180. The average Bonchev–Trinajstić information content (AvgIpc) is 3.75. The SMILES string of the molecule is Cn1c(-c2c(C(F)(F)F)n[nH]c2-c2ccc([N+](=O)[O-])cn2)cnc1C(=O)Nc1ccc(C(=O)N2CCN(C(=O)[C@@H]3CC(=O)CCN3C(=O)O)CC2)c(Cl)c1. The van der Waals surface area contributed by atoms with Crippen LogP contribution in [0.15, 0.2) is 42.7 Å². The Balaban J connectivity index is 1.14. The molecule has 3 N–H and O–H groups in total. The quantitative estimate of drug-likeness (QED) is 0.181. The summed E-state index contributed by atoms with van der Waals surface area (Å²) in [6.07, 6.45) is -4.51. The number of hydrogen-bond acceptors (Lipinski definition) is 10. The predicted molar refractivity (Wildman–Crippen MR) is 180 cm³/mol. The number of halogens is 4. The number of benzene rings is 1. The number of H-pyrrole nitrogens is 1. The van der Waals surface area contributed by atoms with Gasteiger partial charge in [0.15, 0.2) is 11.5 Å². The Morgan fingerprint density at radius 3 is 2.35 bits per heavy atom. The van der Waals surface area contributed by atoms with Crippen molar-refractivity contribution in [2.24, 2.45) is 7.05 Å². The number of nitrogens with one attached hydrogen (secondary N) is 2. The molecule has 4 amide bonds. The number of aromatic amines is 1. The number of likely N-dealkylation sites (tertiary alicyclic amines) is 1. The van der Waals surface area contributed by atoms with Gasteiger partial charge in [-0.05, 0) is 24.3 Å². The molecule has 18 nitrogen and oxygen atoms in total. The minimum absolute atomic E-state index is 0.0381. The fourth-order valence-corrected chi connectivity index (χ4v) is 6.48. The average molecular weight is 773 g/mol. The molecule has 0 aliphatic carbocycles. The van der Waals surface area contributed by atoms with E-state index < -0.39 is 52.2 Å². The highest BCUT2D eigenvalue weighted by molar-refractivity contribution is 6.34. The van der Waals surface area contributed by atoms with Gasteiger partial charge in [-0.2, -0.15) is 18.3 Å². The Morgan fingerprint density at radius 1 is 1.04 bits per heavy atom. The number of nitro groups is 1. The number of anilines is 1. The largest absolute Gasteiger partial charge is 0.465 e. The zero-order valence-electron chi connectivity index (χ0n) is 28.0. The predicted octanol–water partition coefficient (Wildman–Crippen LogP) is 3.70. The van der Waals surface area contributed by atoms with Gasteiger partial charge in [0.05, 0.1) is 44.4 Å². The zero-order valence-corrected chi connectivity index (χ0v) is 28.7. The molecule has 0 radical (unpaired) electrons. The summed E-state index contributed by atoms with van der Waals surface area (Å²) in [5, 5.41) is 28.7. The molecule has 4 aromatic rings. The summed E-state index contributed by atoms with van der Waals surface area (Å²) in [5.41, 5.74) is -2.50. The lowest BCUT2D eigenvalue weighted by Gasteiger charge is -2.39. The number of Topliss-reactive ketones (excluding diaryl/α,β-unsaturated/α-hetero) is 1. The molecule has 1 atom stereocenters. The number of alkyl halides is 3. The second kappa shape index (κ2) is 14.6. The van der Waals surface area contributed by atoms with Crippen LogP contribution in [0.4, 0.5) is 29.3 Å². The summed E-state index contributed by atoms with van der Waals surface area (Å²) < 4.78 is 43.2. The van der Waals surface area contributed by atoms with Gasteiger partial charge in [-0.25, -0.2) is 14.8 Å². The highest BCUT2D eigenvalue weighted by Crippen LogP contribution is 2.41. The summed E-state index contributed by atoms with van der Waals surface area (Å²) in [7, 11) is 1.30. The van der Waals surface area contributed by atoms with Crippen LogP contribution in [0.3, 0.4) is 0 Å². The van der Waals surface area contributed by atoms with Crippen molar-refractivity contribution in [3.8, 4) is 22.6 Å². The molecule has 2 saturated heterocycles. The van der Waals surface area contributed by atoms with E-state index in [4.69, 9.17) is 11.6 Å². The van der Waals surface area contributed by atoms with Gasteiger partial charge >= 0.3 is 12.3 Å². The van der Waals surface area contributed by atoms with E-state index in [1.54, 1.807) is 0 Å². The Kier molecular flexibility index (Phi) is 10.1. The molecular formula is C32H28ClF3N10O8. The number of piperidine rings is 1. The minimum Gasteiger partial charge on any atom is -0.465 e. The number of carbonyl (C=O) groups is 5. The van der Waals surface area contributed by atoms with E-state index in [-0.39, 0.29) is 96.2 Å². The fourth-order valence-electron chi connectivity index (χ4n) is 6.22. The first-order valence-corrected chi connectivity index (χ1v) is 16.4. The summed E-state index contributed by atoms with van der Waals surface area (Å²) in [6.45, 7) is 0.316. The lowest BCUT2D eigenvalue weighted by Crippen LogP contribution is -2.58. The molecule has 0 bridgehead atoms. The molecule has 282 valence electrons. The molecule has 54 heavy (non-hydrogen) atoms. The van der Waals surface area contributed by atoms with Crippen LogP contribution in [0.2, 0.25) is 5.02 Å². The number of rotatable bonds is 7. The van der Waals surface area contributed by atoms with Gasteiger partial charge in [-0.1, -0.05) is 11.6 Å². The van der Waals surface area contributed by atoms with E-state index in [0.29, 0.717) is 0 Å². The van der Waals surface area contributed by atoms with Gasteiger partial charge in [0.1, 0.15) is 18.0 Å². The molecular weight excluding hydrogens is 745 g/mol. The molecule has 2 aliphatic rings. The number of aromatic nitrogens is 5. The van der Waals surface area contributed by atoms with Crippen LogP contribution in [0.25, 0.3) is 22.6 Å². The third-order valence-electron chi connectivity index (χ3n) is 8.99. The third kappa shape index (κ3) is 7.29. The summed E-state index contributed by atoms with van der Waals surface area (Å²) in [5.74, 6) is -2.34. The Labute approximate surface area is 306 Å². The number of imidazole rings is 1. The molecule has 3 aromatic heterocycles. The van der Waals surface area contributed by atoms with Crippen LogP contribution < -0.4 is 5.32 Å². The van der Waals surface area contributed by atoms with Crippen LogP contribution in [0.5, 0.6) is 0 Å². The van der Waals surface area contributed by atoms with Crippen LogP contribution in [0.1, 0.15) is 39.5 Å². The van der Waals surface area contributed by atoms with Crippen LogP contribution in [-0.2, 0) is 22.8 Å². The molecule has 6 rings (SSSR count). The third-order valence-corrected chi connectivity index (χ3v) is 9.31. The lowest BCUT2D eigenvalue weighted by molar-refractivity contribution is -0.385. The van der Waals surface area contributed by atoms with Gasteiger partial charge in [0.2, 0.25) is 5.91 Å². The highest BCUT2D eigenvalue weighted by Gasteiger charge is 2.41. The van der Waals surface area contributed by atoms with Crippen molar-refractivity contribution in [2.75, 3.05) is 38.0 Å². The Hall–Kier alpha value is -6.38. The van der Waals surface area contributed by atoms with E-state index in [9.17, 15) is 52.4 Å². The van der Waals surface area contributed by atoms with Gasteiger partial charge < -0.3 is 24.8 Å². The number of pyridine rings is 1. The van der Waals surface area contributed by atoms with Gasteiger partial charge in [0.25, 0.3) is 17.5 Å². The molecule has 0 spiro atoms. The number of nitrogens with zero attached hydrogens (tertiary/aromatic N) is 8. The number of carboxylic acid groups (broad SMARTS) is 1. The maximum Gasteiger partial charge on any atom is 0.435 e. The van der Waals surface area contributed by atoms with Crippen molar-refractivity contribution in [1.29, 1.82) is 0 Å². The molecule has 0 unspecified atom stereocenters. The maximum atomic E-state index is 14.0. The number of ketones is 1. The first-order chi connectivity index (χ1) is 25.5. The first-order valence-electron chi connectivity index (χ1n) is 16.0. The highest BCUT2D eigenvalue weighted by atomic mass is 35.5.